The predicted octanol–water partition coefficient (Wildman–Crippen LogP) is 17.3. The number of carbonyl (C=O) groups excluding carboxylic acids is 2. The standard InChI is InChI=1S/C56H110NO8P/c1-6-8-10-12-14-16-18-20-22-24-26-27-28-29-31-33-35-37-39-41-43-45-47-49-56(59)65-54(53-64-66(60,61)63-51-50-57(3,4)5)52-62-55(58)48-46-44-42-40-38-36-34-32-30-25-23-21-19-17-15-13-11-9-7-2/h21,23,54H,6-20,22,24-53H2,1-5H3/p+1/b23-21+/t54-/m1/s1. The van der Waals surface area contributed by atoms with Gasteiger partial charge in [0, 0.05) is 12.8 Å². The van der Waals surface area contributed by atoms with Crippen LogP contribution in [0.4, 0.5) is 0 Å². The van der Waals surface area contributed by atoms with Crippen LogP contribution in [-0.2, 0) is 32.7 Å². The summed E-state index contributed by atoms with van der Waals surface area (Å²) in [6, 6.07) is 0. The second-order valence-corrected chi connectivity index (χ2v) is 22.1. The summed E-state index contributed by atoms with van der Waals surface area (Å²) >= 11 is 0. The number of phosphoric ester groups is 1. The third-order valence-electron chi connectivity index (χ3n) is 12.8. The van der Waals surface area contributed by atoms with Gasteiger partial charge >= 0.3 is 19.8 Å². The van der Waals surface area contributed by atoms with E-state index in [9.17, 15) is 19.0 Å². The van der Waals surface area contributed by atoms with E-state index in [4.69, 9.17) is 18.5 Å². The molecular weight excluding hydrogens is 846 g/mol. The number of esters is 2. The van der Waals surface area contributed by atoms with Crippen LogP contribution in [-0.4, -0.2) is 74.9 Å². The lowest BCUT2D eigenvalue weighted by molar-refractivity contribution is -0.870. The molecule has 0 aliphatic carbocycles. The maximum absolute atomic E-state index is 12.8. The van der Waals surface area contributed by atoms with Gasteiger partial charge in [-0.1, -0.05) is 244 Å². The topological polar surface area (TPSA) is 108 Å². The summed E-state index contributed by atoms with van der Waals surface area (Å²) in [5.74, 6) is -0.782. The number of nitrogens with zero attached hydrogens (tertiary/aromatic N) is 1. The van der Waals surface area contributed by atoms with Crippen LogP contribution in [0.3, 0.4) is 0 Å². The van der Waals surface area contributed by atoms with Gasteiger partial charge in [-0.15, -0.1) is 0 Å². The third kappa shape index (κ3) is 52.1. The molecule has 0 spiro atoms. The van der Waals surface area contributed by atoms with Crippen molar-refractivity contribution in [2.75, 3.05) is 47.5 Å². The monoisotopic (exact) mass is 957 g/mol. The molecule has 0 heterocycles. The predicted molar refractivity (Wildman–Crippen MR) is 280 cm³/mol. The number of carbonyl (C=O) groups is 2. The van der Waals surface area contributed by atoms with E-state index in [1.165, 1.54) is 218 Å². The Bertz CT molecular complexity index is 1130. The molecule has 1 unspecified atom stereocenters. The van der Waals surface area contributed by atoms with Crippen LogP contribution in [0.15, 0.2) is 12.2 Å². The average Bonchev–Trinajstić information content (AvgIpc) is 3.27. The van der Waals surface area contributed by atoms with Crippen molar-refractivity contribution in [2.45, 2.75) is 290 Å². The molecule has 0 aliphatic rings. The maximum atomic E-state index is 12.8. The second kappa shape index (κ2) is 48.8. The van der Waals surface area contributed by atoms with Crippen molar-refractivity contribution in [1.29, 1.82) is 0 Å². The van der Waals surface area contributed by atoms with Crippen molar-refractivity contribution in [3.8, 4) is 0 Å². The van der Waals surface area contributed by atoms with E-state index in [-0.39, 0.29) is 25.6 Å². The minimum absolute atomic E-state index is 0.0352. The highest BCUT2D eigenvalue weighted by Crippen LogP contribution is 2.43. The summed E-state index contributed by atoms with van der Waals surface area (Å²) in [7, 11) is 1.49. The van der Waals surface area contributed by atoms with Crippen molar-refractivity contribution in [3.63, 3.8) is 0 Å². The average molecular weight is 957 g/mol. The molecule has 0 radical (unpaired) electrons. The first-order valence-electron chi connectivity index (χ1n) is 28.4. The molecule has 0 aromatic carbocycles. The van der Waals surface area contributed by atoms with Crippen LogP contribution in [0, 0.1) is 0 Å². The molecule has 0 fully saturated rings. The van der Waals surface area contributed by atoms with Gasteiger partial charge in [0.25, 0.3) is 0 Å². The van der Waals surface area contributed by atoms with Gasteiger partial charge in [0.05, 0.1) is 27.7 Å². The zero-order chi connectivity index (χ0) is 48.5. The number of quaternary nitrogens is 1. The Morgan fingerprint density at radius 3 is 1.12 bits per heavy atom. The molecule has 66 heavy (non-hydrogen) atoms. The number of rotatable bonds is 53. The zero-order valence-corrected chi connectivity index (χ0v) is 45.4. The number of phosphoric acid groups is 1. The summed E-state index contributed by atoms with van der Waals surface area (Å²) in [5.41, 5.74) is 0. The molecule has 392 valence electrons. The Labute approximate surface area is 409 Å². The Morgan fingerprint density at radius 2 is 0.773 bits per heavy atom. The van der Waals surface area contributed by atoms with Gasteiger partial charge in [0.15, 0.2) is 6.10 Å². The van der Waals surface area contributed by atoms with E-state index < -0.39 is 26.5 Å². The fraction of sp³-hybridized carbons (Fsp3) is 0.929. The fourth-order valence-electron chi connectivity index (χ4n) is 8.37. The highest BCUT2D eigenvalue weighted by Gasteiger charge is 2.27. The molecule has 1 N–H and O–H groups in total. The van der Waals surface area contributed by atoms with Gasteiger partial charge in [0.2, 0.25) is 0 Å². The number of allylic oxidation sites excluding steroid dienone is 2. The van der Waals surface area contributed by atoms with Crippen molar-refractivity contribution in [2.24, 2.45) is 0 Å². The smallest absolute Gasteiger partial charge is 0.462 e. The number of likely N-dealkylation sites (N-methyl/N-ethyl adjacent to an activating group) is 1. The number of unbranched alkanes of at least 4 members (excludes halogenated alkanes) is 37. The minimum Gasteiger partial charge on any atom is -0.462 e. The summed E-state index contributed by atoms with van der Waals surface area (Å²) in [6.07, 6.45) is 55.6. The molecule has 9 nitrogen and oxygen atoms in total. The lowest BCUT2D eigenvalue weighted by atomic mass is 10.0. The van der Waals surface area contributed by atoms with Crippen LogP contribution in [0.2, 0.25) is 0 Å². The molecule has 0 aromatic heterocycles. The summed E-state index contributed by atoms with van der Waals surface area (Å²) in [5, 5.41) is 0. The Morgan fingerprint density at radius 1 is 0.455 bits per heavy atom. The highest BCUT2D eigenvalue weighted by molar-refractivity contribution is 7.47. The molecule has 0 bridgehead atoms. The zero-order valence-electron chi connectivity index (χ0n) is 44.5. The van der Waals surface area contributed by atoms with E-state index in [1.54, 1.807) is 0 Å². The summed E-state index contributed by atoms with van der Waals surface area (Å²) < 4.78 is 34.6. The lowest BCUT2D eigenvalue weighted by Gasteiger charge is -2.24. The van der Waals surface area contributed by atoms with Crippen molar-refractivity contribution in [3.05, 3.63) is 12.2 Å². The second-order valence-electron chi connectivity index (χ2n) is 20.7. The first-order chi connectivity index (χ1) is 32.0. The van der Waals surface area contributed by atoms with Crippen molar-refractivity contribution < 1.29 is 42.1 Å². The number of hydrogen-bond donors (Lipinski definition) is 1. The van der Waals surface area contributed by atoms with Crippen molar-refractivity contribution in [1.82, 2.24) is 0 Å². The molecule has 10 heteroatoms. The van der Waals surface area contributed by atoms with Crippen molar-refractivity contribution >= 4 is 19.8 Å². The molecule has 0 amide bonds. The Balaban J connectivity index is 4.14. The van der Waals surface area contributed by atoms with Crippen LogP contribution in [0.1, 0.15) is 284 Å². The van der Waals surface area contributed by atoms with E-state index in [1.807, 2.05) is 21.1 Å². The Kier molecular flexibility index (Phi) is 47.8. The van der Waals surface area contributed by atoms with Gasteiger partial charge in [-0.05, 0) is 38.5 Å². The number of ether oxygens (including phenoxy) is 2. The third-order valence-corrected chi connectivity index (χ3v) is 13.8. The summed E-state index contributed by atoms with van der Waals surface area (Å²) in [4.78, 5) is 35.6. The first-order valence-corrected chi connectivity index (χ1v) is 29.9. The maximum Gasteiger partial charge on any atom is 0.472 e. The van der Waals surface area contributed by atoms with E-state index in [0.717, 1.165) is 38.5 Å². The van der Waals surface area contributed by atoms with Gasteiger partial charge < -0.3 is 18.9 Å². The van der Waals surface area contributed by atoms with Gasteiger partial charge in [0.1, 0.15) is 19.8 Å². The molecule has 0 saturated carbocycles. The SMILES string of the molecule is CCCCCCCC/C=C/CCCCCCCCCCCC(=O)OC[C@H](COP(=O)(O)OCC[N+](C)(C)C)OC(=O)CCCCCCCCCCCCCCCCCCCCCCCCC. The quantitative estimate of drug-likeness (QED) is 0.0211. The molecule has 2 atom stereocenters. The minimum atomic E-state index is -4.38. The van der Waals surface area contributed by atoms with Crippen LogP contribution >= 0.6 is 7.82 Å². The first kappa shape index (κ1) is 64.8. The van der Waals surface area contributed by atoms with Gasteiger partial charge in [-0.25, -0.2) is 4.57 Å². The number of hydrogen-bond acceptors (Lipinski definition) is 7. The van der Waals surface area contributed by atoms with Crippen LogP contribution in [0.5, 0.6) is 0 Å². The molecular formula is C56H111NO8P+. The molecule has 0 rings (SSSR count). The molecule has 0 aromatic rings. The van der Waals surface area contributed by atoms with E-state index in [0.29, 0.717) is 17.4 Å². The molecule has 0 aliphatic heterocycles. The van der Waals surface area contributed by atoms with Gasteiger partial charge in [-0.3, -0.25) is 18.6 Å². The van der Waals surface area contributed by atoms with E-state index in [2.05, 4.69) is 26.0 Å². The Hall–Kier alpha value is -1.25. The lowest BCUT2D eigenvalue weighted by Crippen LogP contribution is -2.37. The van der Waals surface area contributed by atoms with E-state index >= 15 is 0 Å². The normalized spacial score (nSPS) is 13.4. The van der Waals surface area contributed by atoms with Gasteiger partial charge in [-0.2, -0.15) is 0 Å². The van der Waals surface area contributed by atoms with Crippen LogP contribution in [0.25, 0.3) is 0 Å². The molecule has 0 saturated heterocycles. The van der Waals surface area contributed by atoms with Crippen LogP contribution < -0.4 is 0 Å². The summed E-state index contributed by atoms with van der Waals surface area (Å²) in [6.45, 7) is 4.48. The highest BCUT2D eigenvalue weighted by atomic mass is 31.2. The fourth-order valence-corrected chi connectivity index (χ4v) is 9.11. The largest absolute Gasteiger partial charge is 0.472 e.